The molecule has 0 aromatic heterocycles. The fourth-order valence-corrected chi connectivity index (χ4v) is 3.08. The zero-order chi connectivity index (χ0) is 10.5. The van der Waals surface area contributed by atoms with Crippen LogP contribution in [-0.4, -0.2) is 34.2 Å². The van der Waals surface area contributed by atoms with Crippen LogP contribution in [0, 0.1) is 0 Å². The quantitative estimate of drug-likeness (QED) is 0.365. The Morgan fingerprint density at radius 3 is 2.38 bits per heavy atom. The molecule has 0 aromatic carbocycles. The average molecular weight is 311 g/mol. The Balaban J connectivity index is 3.84. The Hall–Kier alpha value is 0.619. The van der Waals surface area contributed by atoms with E-state index in [9.17, 15) is 4.79 Å². The number of carbonyl (C=O) groups excluding carboxylic acids is 1. The van der Waals surface area contributed by atoms with Gasteiger partial charge >= 0.3 is 91.0 Å². The summed E-state index contributed by atoms with van der Waals surface area (Å²) in [6.07, 6.45) is 2.01. The summed E-state index contributed by atoms with van der Waals surface area (Å²) < 4.78 is 4.99. The van der Waals surface area contributed by atoms with Crippen LogP contribution in [0.1, 0.15) is 19.8 Å². The minimum atomic E-state index is -2.19. The van der Waals surface area contributed by atoms with Crippen LogP contribution in [0.25, 0.3) is 0 Å². The maximum atomic E-state index is 11.4. The predicted octanol–water partition coefficient (Wildman–Crippen LogP) is 2.51. The number of hydrogen-bond donors (Lipinski definition) is 1. The van der Waals surface area contributed by atoms with Gasteiger partial charge in [-0.25, -0.2) is 0 Å². The van der Waals surface area contributed by atoms with E-state index < -0.39 is 18.4 Å². The van der Waals surface area contributed by atoms with Gasteiger partial charge in [0.1, 0.15) is 0 Å². The van der Waals surface area contributed by atoms with Crippen LogP contribution in [0.15, 0.2) is 0 Å². The van der Waals surface area contributed by atoms with E-state index in [2.05, 4.69) is 34.4 Å². The number of rotatable bonds is 5. The Morgan fingerprint density at radius 2 is 2.00 bits per heavy atom. The molecule has 0 N–H and O–H groups in total. The van der Waals surface area contributed by atoms with Crippen LogP contribution in [-0.2, 0) is 9.53 Å². The van der Waals surface area contributed by atoms with Crippen molar-refractivity contribution in [2.75, 3.05) is 6.61 Å². The molecule has 0 bridgehead atoms. The number of hydrogen-bond acceptors (Lipinski definition) is 3. The first-order chi connectivity index (χ1) is 5.89. The fourth-order valence-electron chi connectivity index (χ4n) is 0.750. The summed E-state index contributed by atoms with van der Waals surface area (Å²) >= 11 is 2.14. The van der Waals surface area contributed by atoms with Gasteiger partial charge in [0.2, 0.25) is 0 Å². The van der Waals surface area contributed by atoms with Crippen molar-refractivity contribution >= 4 is 37.0 Å². The molecule has 0 rings (SSSR count). The number of carbonyl (C=O) groups is 1. The summed E-state index contributed by atoms with van der Waals surface area (Å²) in [6.45, 7) is 2.63. The van der Waals surface area contributed by atoms with E-state index in [1.165, 1.54) is 0 Å². The predicted molar refractivity (Wildman–Crippen MR) is 62.0 cm³/mol. The van der Waals surface area contributed by atoms with Crippen molar-refractivity contribution in [1.29, 1.82) is 0 Å². The van der Waals surface area contributed by atoms with Crippen molar-refractivity contribution in [2.45, 2.75) is 37.9 Å². The van der Waals surface area contributed by atoms with Gasteiger partial charge in [-0.1, -0.05) is 0 Å². The van der Waals surface area contributed by atoms with E-state index in [0.717, 1.165) is 12.8 Å². The van der Waals surface area contributed by atoms with E-state index in [4.69, 9.17) is 4.74 Å². The van der Waals surface area contributed by atoms with Crippen molar-refractivity contribution in [3.63, 3.8) is 0 Å². The van der Waals surface area contributed by atoms with Gasteiger partial charge < -0.3 is 0 Å². The number of ether oxygens (including phenoxy) is 1. The zero-order valence-corrected chi connectivity index (χ0v) is 12.7. The molecular formula is C9H20O2SSn. The standard InChI is InChI=1S/C6H11O2S.3CH3.Sn/c1-2-3-4-8-6(7)5-9;;;;/h5,9H,2-4H2,1H3;3*1H3;. The average Bonchev–Trinajstić information content (AvgIpc) is 2.01. The van der Waals surface area contributed by atoms with Crippen molar-refractivity contribution < 1.29 is 9.53 Å². The molecule has 0 heterocycles. The second kappa shape index (κ2) is 6.17. The van der Waals surface area contributed by atoms with E-state index in [0.29, 0.717) is 6.61 Å². The molecule has 13 heavy (non-hydrogen) atoms. The molecule has 78 valence electrons. The Bertz CT molecular complexity index is 165. The molecule has 1 unspecified atom stereocenters. The van der Waals surface area contributed by atoms with Gasteiger partial charge in [0.15, 0.2) is 0 Å². The van der Waals surface area contributed by atoms with Crippen LogP contribution in [0.4, 0.5) is 0 Å². The second-order valence-electron chi connectivity index (χ2n) is 4.29. The molecule has 0 amide bonds. The van der Waals surface area contributed by atoms with Crippen molar-refractivity contribution in [3.8, 4) is 0 Å². The van der Waals surface area contributed by atoms with Crippen LogP contribution in [0.3, 0.4) is 0 Å². The molecule has 0 fully saturated rings. The van der Waals surface area contributed by atoms with Crippen molar-refractivity contribution in [1.82, 2.24) is 0 Å². The third kappa shape index (κ3) is 5.83. The fraction of sp³-hybridized carbons (Fsp3) is 0.889. The van der Waals surface area contributed by atoms with Crippen LogP contribution >= 0.6 is 12.6 Å². The molecule has 0 spiro atoms. The number of unbranched alkanes of at least 4 members (excludes halogenated alkanes) is 1. The first-order valence-electron chi connectivity index (χ1n) is 4.74. The summed E-state index contributed by atoms with van der Waals surface area (Å²) in [5.74, 6) is -0.111. The molecule has 0 saturated carbocycles. The molecule has 2 nitrogen and oxygen atoms in total. The van der Waals surface area contributed by atoms with Gasteiger partial charge in [0.05, 0.1) is 0 Å². The van der Waals surface area contributed by atoms with Gasteiger partial charge in [-0.15, -0.1) is 0 Å². The number of esters is 1. The van der Waals surface area contributed by atoms with Gasteiger partial charge in [-0.2, -0.15) is 0 Å². The first-order valence-corrected chi connectivity index (χ1v) is 15.5. The summed E-state index contributed by atoms with van der Waals surface area (Å²) in [5.41, 5.74) is 0. The third-order valence-corrected chi connectivity index (χ3v) is 12.5. The molecule has 0 aliphatic rings. The van der Waals surface area contributed by atoms with Crippen LogP contribution in [0.2, 0.25) is 14.8 Å². The van der Waals surface area contributed by atoms with E-state index in [1.54, 1.807) is 0 Å². The van der Waals surface area contributed by atoms with Crippen LogP contribution in [0.5, 0.6) is 0 Å². The number of thiol groups is 1. The Morgan fingerprint density at radius 1 is 1.46 bits per heavy atom. The van der Waals surface area contributed by atoms with Crippen LogP contribution < -0.4 is 0 Å². The van der Waals surface area contributed by atoms with Gasteiger partial charge in [-0.05, 0) is 0 Å². The summed E-state index contributed by atoms with van der Waals surface area (Å²) in [5, 5.41) is 0. The SMILES string of the molecule is CCCCOC(=O)[CH](S)[Sn]([CH3])([CH3])[CH3]. The molecular weight excluding hydrogens is 291 g/mol. The zero-order valence-electron chi connectivity index (χ0n) is 8.96. The molecule has 0 aliphatic heterocycles. The van der Waals surface area contributed by atoms with E-state index in [1.807, 2.05) is 0 Å². The summed E-state index contributed by atoms with van der Waals surface area (Å²) in [6, 6.07) is 0. The normalized spacial score (nSPS) is 13.9. The monoisotopic (exact) mass is 312 g/mol. The first kappa shape index (κ1) is 13.6. The Kier molecular flexibility index (Phi) is 6.46. The van der Waals surface area contributed by atoms with Crippen molar-refractivity contribution in [3.05, 3.63) is 0 Å². The third-order valence-electron chi connectivity index (χ3n) is 1.79. The second-order valence-corrected chi connectivity index (χ2v) is 21.3. The van der Waals surface area contributed by atoms with Crippen molar-refractivity contribution in [2.24, 2.45) is 0 Å². The van der Waals surface area contributed by atoms with Gasteiger partial charge in [-0.3, -0.25) is 0 Å². The van der Waals surface area contributed by atoms with E-state index >= 15 is 0 Å². The molecule has 0 aliphatic carbocycles. The minimum absolute atomic E-state index is 0.111. The molecule has 0 aromatic rings. The topological polar surface area (TPSA) is 26.3 Å². The molecule has 1 atom stereocenters. The van der Waals surface area contributed by atoms with E-state index in [-0.39, 0.29) is 9.24 Å². The summed E-state index contributed by atoms with van der Waals surface area (Å²) in [4.78, 5) is 18.0. The summed E-state index contributed by atoms with van der Waals surface area (Å²) in [7, 11) is 0. The maximum absolute atomic E-state index is 11.4. The van der Waals surface area contributed by atoms with Gasteiger partial charge in [0, 0.05) is 0 Å². The van der Waals surface area contributed by atoms with Gasteiger partial charge in [0.25, 0.3) is 0 Å². The molecule has 0 radical (unpaired) electrons. The molecule has 4 heteroatoms. The molecule has 0 saturated heterocycles. The Labute approximate surface area is 90.7 Å².